The molecule has 1 saturated carbocycles. The molecule has 0 radical (unpaired) electrons. The smallest absolute Gasteiger partial charge is 0.242 e. The summed E-state index contributed by atoms with van der Waals surface area (Å²) in [6.45, 7) is 2.53. The first kappa shape index (κ1) is 15.4. The summed E-state index contributed by atoms with van der Waals surface area (Å²) in [5.74, 6) is 0.590. The van der Waals surface area contributed by atoms with Gasteiger partial charge in [0.05, 0.1) is 3.79 Å². The van der Waals surface area contributed by atoms with Crippen LogP contribution >= 0.6 is 27.3 Å². The number of thiophene rings is 1. The second-order valence-corrected chi connectivity index (χ2v) is 9.28. The molecular weight excluding hydrogens is 348 g/mol. The summed E-state index contributed by atoms with van der Waals surface area (Å²) in [6.07, 6.45) is 4.13. The summed E-state index contributed by atoms with van der Waals surface area (Å²) < 4.78 is 28.2. The summed E-state index contributed by atoms with van der Waals surface area (Å²) in [5.41, 5.74) is 5.55. The van der Waals surface area contributed by atoms with Gasteiger partial charge in [-0.1, -0.05) is 19.8 Å². The SMILES string of the molecule is CC1CCCC(NS(=O)(=O)c2cc(CN)sc2Br)C1. The number of nitrogens with one attached hydrogen (secondary N) is 1. The molecule has 7 heteroatoms. The van der Waals surface area contributed by atoms with Gasteiger partial charge in [-0.15, -0.1) is 11.3 Å². The lowest BCUT2D eigenvalue weighted by Gasteiger charge is -2.27. The molecule has 0 aromatic carbocycles. The van der Waals surface area contributed by atoms with Gasteiger partial charge in [0.1, 0.15) is 4.90 Å². The van der Waals surface area contributed by atoms with E-state index in [9.17, 15) is 8.42 Å². The molecule has 0 spiro atoms. The lowest BCUT2D eigenvalue weighted by Crippen LogP contribution is -2.37. The molecule has 1 heterocycles. The average molecular weight is 367 g/mol. The monoisotopic (exact) mass is 366 g/mol. The number of halogens is 1. The van der Waals surface area contributed by atoms with E-state index in [1.165, 1.54) is 17.8 Å². The number of hydrogen-bond acceptors (Lipinski definition) is 4. The predicted molar refractivity (Wildman–Crippen MR) is 81.7 cm³/mol. The molecule has 1 fully saturated rings. The van der Waals surface area contributed by atoms with E-state index in [0.29, 0.717) is 21.1 Å². The Kier molecular flexibility index (Phi) is 5.05. The normalized spacial score (nSPS) is 24.6. The molecule has 1 aromatic heterocycles. The molecule has 0 amide bonds. The van der Waals surface area contributed by atoms with Crippen molar-refractivity contribution >= 4 is 37.3 Å². The zero-order chi connectivity index (χ0) is 14.0. The van der Waals surface area contributed by atoms with Crippen molar-refractivity contribution < 1.29 is 8.42 Å². The first-order valence-corrected chi connectivity index (χ1v) is 9.52. The summed E-state index contributed by atoms with van der Waals surface area (Å²) in [7, 11) is -3.45. The topological polar surface area (TPSA) is 72.2 Å². The van der Waals surface area contributed by atoms with Crippen LogP contribution in [0.25, 0.3) is 0 Å². The Bertz CT molecular complexity index is 542. The Hall–Kier alpha value is 0.0500. The van der Waals surface area contributed by atoms with Crippen LogP contribution in [-0.4, -0.2) is 14.5 Å². The van der Waals surface area contributed by atoms with E-state index in [1.54, 1.807) is 6.07 Å². The number of sulfonamides is 1. The maximum Gasteiger partial charge on any atom is 0.242 e. The van der Waals surface area contributed by atoms with Crippen molar-refractivity contribution in [2.24, 2.45) is 11.7 Å². The van der Waals surface area contributed by atoms with E-state index in [4.69, 9.17) is 5.73 Å². The third-order valence-electron chi connectivity index (χ3n) is 3.46. The highest BCUT2D eigenvalue weighted by Gasteiger charge is 2.27. The van der Waals surface area contributed by atoms with Gasteiger partial charge in [0.15, 0.2) is 0 Å². The van der Waals surface area contributed by atoms with Crippen molar-refractivity contribution in [3.8, 4) is 0 Å². The molecule has 4 nitrogen and oxygen atoms in total. The van der Waals surface area contributed by atoms with E-state index in [-0.39, 0.29) is 6.04 Å². The van der Waals surface area contributed by atoms with E-state index in [0.717, 1.165) is 24.1 Å². The highest BCUT2D eigenvalue weighted by molar-refractivity contribution is 9.11. The molecule has 2 unspecified atom stereocenters. The largest absolute Gasteiger partial charge is 0.326 e. The van der Waals surface area contributed by atoms with Crippen molar-refractivity contribution in [1.82, 2.24) is 4.72 Å². The van der Waals surface area contributed by atoms with Crippen LogP contribution in [0.3, 0.4) is 0 Å². The predicted octanol–water partition coefficient (Wildman–Crippen LogP) is 2.83. The molecule has 1 aliphatic carbocycles. The standard InChI is InChI=1S/C12H19BrN2O2S2/c1-8-3-2-4-9(5-8)15-19(16,17)11-6-10(7-14)18-12(11)13/h6,8-9,15H,2-5,7,14H2,1H3. The number of nitrogens with two attached hydrogens (primary N) is 1. The van der Waals surface area contributed by atoms with Crippen LogP contribution in [0, 0.1) is 5.92 Å². The van der Waals surface area contributed by atoms with Crippen molar-refractivity contribution in [2.45, 2.75) is 50.1 Å². The quantitative estimate of drug-likeness (QED) is 0.860. The Balaban J connectivity index is 2.15. The van der Waals surface area contributed by atoms with Crippen molar-refractivity contribution in [1.29, 1.82) is 0 Å². The van der Waals surface area contributed by atoms with Crippen LogP contribution in [0.1, 0.15) is 37.5 Å². The summed E-state index contributed by atoms with van der Waals surface area (Å²) in [5, 5.41) is 0. The molecule has 19 heavy (non-hydrogen) atoms. The minimum absolute atomic E-state index is 0.0573. The van der Waals surface area contributed by atoms with Crippen LogP contribution in [-0.2, 0) is 16.6 Å². The molecule has 0 bridgehead atoms. The number of rotatable bonds is 4. The first-order valence-electron chi connectivity index (χ1n) is 6.43. The van der Waals surface area contributed by atoms with Crippen LogP contribution in [0.4, 0.5) is 0 Å². The maximum absolute atomic E-state index is 12.4. The van der Waals surface area contributed by atoms with Gasteiger partial charge >= 0.3 is 0 Å². The van der Waals surface area contributed by atoms with E-state index < -0.39 is 10.0 Å². The molecule has 108 valence electrons. The highest BCUT2D eigenvalue weighted by atomic mass is 79.9. The summed E-state index contributed by atoms with van der Waals surface area (Å²) in [4.78, 5) is 1.18. The van der Waals surface area contributed by atoms with E-state index >= 15 is 0 Å². The second kappa shape index (κ2) is 6.22. The Morgan fingerprint density at radius 1 is 1.53 bits per heavy atom. The van der Waals surface area contributed by atoms with Gasteiger partial charge in [0, 0.05) is 17.5 Å². The minimum atomic E-state index is -3.45. The Morgan fingerprint density at radius 3 is 2.84 bits per heavy atom. The fraction of sp³-hybridized carbons (Fsp3) is 0.667. The Labute approximate surface area is 127 Å². The molecule has 0 saturated heterocycles. The van der Waals surface area contributed by atoms with Crippen LogP contribution in [0.15, 0.2) is 14.7 Å². The molecule has 2 atom stereocenters. The van der Waals surface area contributed by atoms with E-state index in [2.05, 4.69) is 27.6 Å². The third-order valence-corrected chi connectivity index (χ3v) is 7.25. The lowest BCUT2D eigenvalue weighted by atomic mass is 9.88. The van der Waals surface area contributed by atoms with Gasteiger partial charge < -0.3 is 5.73 Å². The van der Waals surface area contributed by atoms with Gasteiger partial charge in [-0.3, -0.25) is 0 Å². The summed E-state index contributed by atoms with van der Waals surface area (Å²) >= 11 is 4.69. The Morgan fingerprint density at radius 2 is 2.26 bits per heavy atom. The van der Waals surface area contributed by atoms with Crippen LogP contribution in [0.5, 0.6) is 0 Å². The van der Waals surface area contributed by atoms with Crippen molar-refractivity contribution in [3.05, 3.63) is 14.7 Å². The molecule has 1 aromatic rings. The van der Waals surface area contributed by atoms with Crippen LogP contribution < -0.4 is 10.5 Å². The van der Waals surface area contributed by atoms with Gasteiger partial charge in [0.2, 0.25) is 10.0 Å². The molecule has 1 aliphatic rings. The van der Waals surface area contributed by atoms with Crippen molar-refractivity contribution in [2.75, 3.05) is 0 Å². The van der Waals surface area contributed by atoms with Gasteiger partial charge in [-0.2, -0.15) is 0 Å². The number of hydrogen-bond donors (Lipinski definition) is 2. The van der Waals surface area contributed by atoms with Crippen LogP contribution in [0.2, 0.25) is 0 Å². The lowest BCUT2D eigenvalue weighted by molar-refractivity contribution is 0.327. The summed E-state index contributed by atoms with van der Waals surface area (Å²) in [6, 6.07) is 1.71. The van der Waals surface area contributed by atoms with Gasteiger partial charge in [0.25, 0.3) is 0 Å². The maximum atomic E-state index is 12.4. The highest BCUT2D eigenvalue weighted by Crippen LogP contribution is 2.32. The van der Waals surface area contributed by atoms with E-state index in [1.807, 2.05) is 0 Å². The second-order valence-electron chi connectivity index (χ2n) is 5.14. The minimum Gasteiger partial charge on any atom is -0.326 e. The fourth-order valence-corrected chi connectivity index (χ4v) is 6.35. The van der Waals surface area contributed by atoms with Gasteiger partial charge in [-0.25, -0.2) is 13.1 Å². The molecule has 0 aliphatic heterocycles. The zero-order valence-electron chi connectivity index (χ0n) is 10.9. The molecular formula is C12H19BrN2O2S2. The van der Waals surface area contributed by atoms with Gasteiger partial charge in [-0.05, 0) is 40.8 Å². The zero-order valence-corrected chi connectivity index (χ0v) is 14.1. The third kappa shape index (κ3) is 3.78. The van der Waals surface area contributed by atoms with Crippen molar-refractivity contribution in [3.63, 3.8) is 0 Å². The first-order chi connectivity index (χ1) is 8.92. The fourth-order valence-electron chi connectivity index (χ4n) is 2.51. The molecule has 3 N–H and O–H groups in total. The molecule has 2 rings (SSSR count). The average Bonchev–Trinajstić information content (AvgIpc) is 2.71.